The number of hydrogen-bond donors (Lipinski definition) is 2. The molecule has 0 spiro atoms. The highest BCUT2D eigenvalue weighted by atomic mass is 16.3. The molecule has 22 heavy (non-hydrogen) atoms. The van der Waals surface area contributed by atoms with Crippen molar-refractivity contribution in [1.29, 1.82) is 0 Å². The number of pyridine rings is 2. The maximum Gasteiger partial charge on any atom is 0.0789 e. The molecule has 0 aromatic carbocycles. The molecular weight excluding hydrogens is 276 g/mol. The number of aliphatic hydroxyl groups excluding tert-OH is 1. The van der Waals surface area contributed by atoms with Crippen molar-refractivity contribution in [1.82, 2.24) is 14.9 Å². The van der Waals surface area contributed by atoms with Gasteiger partial charge in [-0.1, -0.05) is 12.1 Å². The number of hydrogen-bond acceptors (Lipinski definition) is 5. The molecule has 3 N–H and O–H groups in total. The maximum absolute atomic E-state index is 9.89. The average molecular weight is 300 g/mol. The summed E-state index contributed by atoms with van der Waals surface area (Å²) in [6.45, 7) is 6.03. The Morgan fingerprint density at radius 2 is 1.50 bits per heavy atom. The van der Waals surface area contributed by atoms with Gasteiger partial charge in [-0.2, -0.15) is 0 Å². The minimum Gasteiger partial charge on any atom is -0.390 e. The Labute approximate surface area is 131 Å². The third kappa shape index (κ3) is 5.18. The van der Waals surface area contributed by atoms with Crippen LogP contribution >= 0.6 is 0 Å². The fourth-order valence-electron chi connectivity index (χ4n) is 2.39. The van der Waals surface area contributed by atoms with Gasteiger partial charge in [0.2, 0.25) is 0 Å². The molecule has 2 aromatic rings. The van der Waals surface area contributed by atoms with Crippen LogP contribution in [-0.4, -0.2) is 39.2 Å². The zero-order valence-electron chi connectivity index (χ0n) is 13.2. The first-order valence-corrected chi connectivity index (χ1v) is 7.52. The number of aromatic nitrogens is 2. The highest BCUT2D eigenvalue weighted by molar-refractivity contribution is 5.12. The largest absolute Gasteiger partial charge is 0.390 e. The Morgan fingerprint density at radius 1 is 1.00 bits per heavy atom. The van der Waals surface area contributed by atoms with Crippen molar-refractivity contribution in [3.63, 3.8) is 0 Å². The Bertz CT molecular complexity index is 555. The molecule has 0 bridgehead atoms. The number of rotatable bonds is 7. The van der Waals surface area contributed by atoms with Gasteiger partial charge in [0.25, 0.3) is 0 Å². The quantitative estimate of drug-likeness (QED) is 0.809. The van der Waals surface area contributed by atoms with Crippen molar-refractivity contribution in [2.24, 2.45) is 5.73 Å². The van der Waals surface area contributed by atoms with Crippen LogP contribution in [0.5, 0.6) is 0 Å². The van der Waals surface area contributed by atoms with Crippen LogP contribution in [0.15, 0.2) is 36.4 Å². The molecule has 0 saturated heterocycles. The molecule has 118 valence electrons. The molecule has 5 nitrogen and oxygen atoms in total. The van der Waals surface area contributed by atoms with Gasteiger partial charge in [-0.05, 0) is 38.1 Å². The van der Waals surface area contributed by atoms with Crippen molar-refractivity contribution in [3.8, 4) is 0 Å². The maximum atomic E-state index is 9.89. The summed E-state index contributed by atoms with van der Waals surface area (Å²) in [7, 11) is 0. The Kier molecular flexibility index (Phi) is 6.00. The van der Waals surface area contributed by atoms with Gasteiger partial charge < -0.3 is 10.8 Å². The lowest BCUT2D eigenvalue weighted by atomic mass is 10.2. The van der Waals surface area contributed by atoms with Gasteiger partial charge in [0.1, 0.15) is 0 Å². The van der Waals surface area contributed by atoms with Gasteiger partial charge in [-0.25, -0.2) is 0 Å². The van der Waals surface area contributed by atoms with Crippen molar-refractivity contribution in [3.05, 3.63) is 59.2 Å². The number of nitrogens with zero attached hydrogens (tertiary/aromatic N) is 3. The molecule has 0 aliphatic rings. The van der Waals surface area contributed by atoms with Crippen molar-refractivity contribution in [2.45, 2.75) is 33.0 Å². The van der Waals surface area contributed by atoms with Crippen molar-refractivity contribution < 1.29 is 5.11 Å². The van der Waals surface area contributed by atoms with Crippen molar-refractivity contribution >= 4 is 0 Å². The van der Waals surface area contributed by atoms with E-state index in [2.05, 4.69) is 14.9 Å². The average Bonchev–Trinajstić information content (AvgIpc) is 2.47. The van der Waals surface area contributed by atoms with Crippen LogP contribution in [0.1, 0.15) is 22.8 Å². The highest BCUT2D eigenvalue weighted by Gasteiger charge is 2.13. The van der Waals surface area contributed by atoms with Gasteiger partial charge in [0.05, 0.1) is 17.5 Å². The topological polar surface area (TPSA) is 75.3 Å². The first-order chi connectivity index (χ1) is 10.6. The molecule has 5 heteroatoms. The second kappa shape index (κ2) is 7.98. The SMILES string of the molecule is Cc1cccc(CN(Cc2cccc(C)n2)CC(O)CN)n1. The Balaban J connectivity index is 2.11. The lowest BCUT2D eigenvalue weighted by Crippen LogP contribution is -2.36. The van der Waals surface area contributed by atoms with E-state index in [0.717, 1.165) is 22.8 Å². The third-order valence-corrected chi connectivity index (χ3v) is 3.40. The molecule has 2 heterocycles. The first-order valence-electron chi connectivity index (χ1n) is 7.52. The predicted octanol–water partition coefficient (Wildman–Crippen LogP) is 1.42. The van der Waals surface area contributed by atoms with Crippen LogP contribution in [0.2, 0.25) is 0 Å². The van der Waals surface area contributed by atoms with Crippen LogP contribution in [0.3, 0.4) is 0 Å². The van der Waals surface area contributed by atoms with Gasteiger partial charge in [-0.15, -0.1) is 0 Å². The van der Waals surface area contributed by atoms with E-state index < -0.39 is 6.10 Å². The van der Waals surface area contributed by atoms with E-state index in [0.29, 0.717) is 19.6 Å². The fraction of sp³-hybridized carbons (Fsp3) is 0.412. The molecule has 0 saturated carbocycles. The zero-order chi connectivity index (χ0) is 15.9. The molecule has 0 aliphatic carbocycles. The van der Waals surface area contributed by atoms with Crippen LogP contribution < -0.4 is 5.73 Å². The first kappa shape index (κ1) is 16.5. The minimum atomic E-state index is -0.547. The molecule has 0 amide bonds. The highest BCUT2D eigenvalue weighted by Crippen LogP contribution is 2.09. The van der Waals surface area contributed by atoms with Gasteiger partial charge in [0.15, 0.2) is 0 Å². The van der Waals surface area contributed by atoms with Gasteiger partial charge >= 0.3 is 0 Å². The molecular formula is C17H24N4O. The van der Waals surface area contributed by atoms with Crippen LogP contribution in [0, 0.1) is 13.8 Å². The third-order valence-electron chi connectivity index (χ3n) is 3.40. The lowest BCUT2D eigenvalue weighted by molar-refractivity contribution is 0.109. The van der Waals surface area contributed by atoms with E-state index in [1.807, 2.05) is 50.2 Å². The standard InChI is InChI=1S/C17H24N4O/c1-13-5-3-7-15(19-13)10-21(12-17(22)9-18)11-16-8-4-6-14(2)20-16/h3-8,17,22H,9-12,18H2,1-2H3. The molecule has 1 atom stereocenters. The molecule has 2 rings (SSSR count). The molecule has 1 unspecified atom stereocenters. The summed E-state index contributed by atoms with van der Waals surface area (Å²) >= 11 is 0. The molecule has 0 aliphatic heterocycles. The lowest BCUT2D eigenvalue weighted by Gasteiger charge is -2.24. The second-order valence-corrected chi connectivity index (χ2v) is 5.60. The summed E-state index contributed by atoms with van der Waals surface area (Å²) < 4.78 is 0. The van der Waals surface area contributed by atoms with E-state index in [4.69, 9.17) is 5.73 Å². The smallest absolute Gasteiger partial charge is 0.0789 e. The van der Waals surface area contributed by atoms with E-state index in [1.165, 1.54) is 0 Å². The number of aliphatic hydroxyl groups is 1. The van der Waals surface area contributed by atoms with Crippen LogP contribution in [0.25, 0.3) is 0 Å². The number of nitrogens with two attached hydrogens (primary N) is 1. The summed E-state index contributed by atoms with van der Waals surface area (Å²) in [5.74, 6) is 0. The summed E-state index contributed by atoms with van der Waals surface area (Å²) in [6.07, 6.45) is -0.547. The molecule has 0 radical (unpaired) electrons. The fourth-order valence-corrected chi connectivity index (χ4v) is 2.39. The summed E-state index contributed by atoms with van der Waals surface area (Å²) in [5.41, 5.74) is 9.50. The van der Waals surface area contributed by atoms with Crippen LogP contribution in [0.4, 0.5) is 0 Å². The van der Waals surface area contributed by atoms with Crippen molar-refractivity contribution in [2.75, 3.05) is 13.1 Å². The second-order valence-electron chi connectivity index (χ2n) is 5.60. The Morgan fingerprint density at radius 3 is 1.91 bits per heavy atom. The zero-order valence-corrected chi connectivity index (χ0v) is 13.2. The van der Waals surface area contributed by atoms with E-state index in [-0.39, 0.29) is 6.54 Å². The minimum absolute atomic E-state index is 0.249. The summed E-state index contributed by atoms with van der Waals surface area (Å²) in [4.78, 5) is 11.2. The molecule has 2 aromatic heterocycles. The van der Waals surface area contributed by atoms with E-state index >= 15 is 0 Å². The Hall–Kier alpha value is -1.82. The van der Waals surface area contributed by atoms with E-state index in [9.17, 15) is 5.11 Å². The van der Waals surface area contributed by atoms with E-state index in [1.54, 1.807) is 0 Å². The summed E-state index contributed by atoms with van der Waals surface area (Å²) in [6, 6.07) is 12.0. The normalized spacial score (nSPS) is 12.6. The number of aryl methyl sites for hydroxylation is 2. The van der Waals surface area contributed by atoms with Gasteiger partial charge in [0, 0.05) is 37.6 Å². The predicted molar refractivity (Wildman–Crippen MR) is 87.1 cm³/mol. The monoisotopic (exact) mass is 300 g/mol. The molecule has 0 fully saturated rings. The summed E-state index contributed by atoms with van der Waals surface area (Å²) in [5, 5.41) is 9.89. The van der Waals surface area contributed by atoms with Crippen LogP contribution in [-0.2, 0) is 13.1 Å². The van der Waals surface area contributed by atoms with Gasteiger partial charge in [-0.3, -0.25) is 14.9 Å².